The lowest BCUT2D eigenvalue weighted by atomic mass is 10.1. The first-order valence-corrected chi connectivity index (χ1v) is 10.1. The number of ketones is 1. The third-order valence-corrected chi connectivity index (χ3v) is 3.77. The van der Waals surface area contributed by atoms with Gasteiger partial charge in [-0.15, -0.1) is 0 Å². The maximum absolute atomic E-state index is 11.3. The van der Waals surface area contributed by atoms with Gasteiger partial charge in [0.2, 0.25) is 0 Å². The lowest BCUT2D eigenvalue weighted by Gasteiger charge is -2.08. The first-order valence-electron chi connectivity index (χ1n) is 10.1. The molecule has 0 unspecified atom stereocenters. The van der Waals surface area contributed by atoms with Gasteiger partial charge < -0.3 is 24.3 Å². The summed E-state index contributed by atoms with van der Waals surface area (Å²) in [6.45, 7) is 13.4. The van der Waals surface area contributed by atoms with Crippen LogP contribution < -0.4 is 5.32 Å². The molecule has 0 rings (SSSR count). The Labute approximate surface area is 160 Å². The zero-order valence-corrected chi connectivity index (χ0v) is 17.4. The first-order chi connectivity index (χ1) is 12.5. The lowest BCUT2D eigenvalue weighted by molar-refractivity contribution is -0.127. The van der Waals surface area contributed by atoms with E-state index in [1.807, 2.05) is 13.8 Å². The summed E-state index contributed by atoms with van der Waals surface area (Å²) in [5.74, 6) is 0.148. The number of hydrogen-bond acceptors (Lipinski definition) is 6. The van der Waals surface area contributed by atoms with E-state index < -0.39 is 0 Å². The fourth-order valence-corrected chi connectivity index (χ4v) is 2.07. The van der Waals surface area contributed by atoms with Gasteiger partial charge in [-0.2, -0.15) is 0 Å². The van der Waals surface area contributed by atoms with Gasteiger partial charge in [-0.25, -0.2) is 0 Å². The molecule has 0 aromatic carbocycles. The smallest absolute Gasteiger partial charge is 0.160 e. The molecule has 0 aliphatic carbocycles. The number of Topliss-reactive ketones (excluding diaryl/α,β-unsaturated/α-hetero) is 1. The van der Waals surface area contributed by atoms with Crippen molar-refractivity contribution in [1.82, 2.24) is 5.32 Å². The van der Waals surface area contributed by atoms with Crippen molar-refractivity contribution in [2.45, 2.75) is 59.4 Å². The summed E-state index contributed by atoms with van der Waals surface area (Å²) in [6.07, 6.45) is 4.83. The molecular formula is C20H41NO5. The standard InChI is InChI=1S/C20H41NO5/c1-18(2)20(22)17-26-16-15-25-14-13-24-12-11-23-10-8-6-5-7-9-21-19(3)4/h18-19,21H,5-17H2,1-4H3. The summed E-state index contributed by atoms with van der Waals surface area (Å²) in [5.41, 5.74) is 0. The quantitative estimate of drug-likeness (QED) is 0.330. The zero-order chi connectivity index (χ0) is 19.5. The number of carbonyl (C=O) groups excluding carboxylic acids is 1. The molecule has 0 atom stereocenters. The zero-order valence-electron chi connectivity index (χ0n) is 17.4. The highest BCUT2D eigenvalue weighted by Gasteiger charge is 2.06. The monoisotopic (exact) mass is 375 g/mol. The molecular weight excluding hydrogens is 334 g/mol. The van der Waals surface area contributed by atoms with Gasteiger partial charge in [-0.3, -0.25) is 4.79 Å². The minimum absolute atomic E-state index is 0.0264. The number of hydrogen-bond donors (Lipinski definition) is 1. The van der Waals surface area contributed by atoms with Crippen LogP contribution in [0.1, 0.15) is 53.4 Å². The second-order valence-electron chi connectivity index (χ2n) is 7.03. The van der Waals surface area contributed by atoms with Crippen LogP contribution in [0.2, 0.25) is 0 Å². The van der Waals surface area contributed by atoms with E-state index in [0.717, 1.165) is 19.6 Å². The molecule has 0 aromatic rings. The minimum Gasteiger partial charge on any atom is -0.379 e. The van der Waals surface area contributed by atoms with Gasteiger partial charge in [0.1, 0.15) is 6.61 Å². The Morgan fingerprint density at radius 2 is 1.19 bits per heavy atom. The molecule has 0 bridgehead atoms. The summed E-state index contributed by atoms with van der Waals surface area (Å²) in [7, 11) is 0. The van der Waals surface area contributed by atoms with Crippen molar-refractivity contribution in [3.63, 3.8) is 0 Å². The molecule has 0 fully saturated rings. The van der Waals surface area contributed by atoms with Crippen LogP contribution in [0.25, 0.3) is 0 Å². The van der Waals surface area contributed by atoms with Crippen LogP contribution in [-0.4, -0.2) is 71.2 Å². The normalized spacial score (nSPS) is 11.6. The third-order valence-electron chi connectivity index (χ3n) is 3.77. The van der Waals surface area contributed by atoms with E-state index in [4.69, 9.17) is 18.9 Å². The largest absolute Gasteiger partial charge is 0.379 e. The molecule has 0 amide bonds. The molecule has 0 spiro atoms. The van der Waals surface area contributed by atoms with Gasteiger partial charge in [0, 0.05) is 18.6 Å². The maximum atomic E-state index is 11.3. The van der Waals surface area contributed by atoms with Crippen LogP contribution in [0.15, 0.2) is 0 Å². The molecule has 1 N–H and O–H groups in total. The van der Waals surface area contributed by atoms with E-state index >= 15 is 0 Å². The summed E-state index contributed by atoms with van der Waals surface area (Å²) in [6, 6.07) is 0.581. The van der Waals surface area contributed by atoms with Gasteiger partial charge in [0.15, 0.2) is 5.78 Å². The molecule has 0 radical (unpaired) electrons. The fraction of sp³-hybridized carbons (Fsp3) is 0.950. The Bertz CT molecular complexity index is 311. The summed E-state index contributed by atoms with van der Waals surface area (Å²) in [4.78, 5) is 11.3. The molecule has 0 heterocycles. The van der Waals surface area contributed by atoms with E-state index in [-0.39, 0.29) is 18.3 Å². The predicted molar refractivity (Wildman–Crippen MR) is 105 cm³/mol. The Morgan fingerprint density at radius 3 is 1.73 bits per heavy atom. The number of carbonyl (C=O) groups is 1. The summed E-state index contributed by atoms with van der Waals surface area (Å²) in [5, 5.41) is 3.43. The SMILES string of the molecule is CC(C)NCCCCCCOCCOCCOCCOCC(=O)C(C)C. The van der Waals surface area contributed by atoms with Crippen LogP contribution in [0.4, 0.5) is 0 Å². The molecule has 156 valence electrons. The van der Waals surface area contributed by atoms with Crippen LogP contribution >= 0.6 is 0 Å². The first kappa shape index (κ1) is 25.5. The van der Waals surface area contributed by atoms with E-state index in [1.165, 1.54) is 19.3 Å². The fourth-order valence-electron chi connectivity index (χ4n) is 2.07. The number of unbranched alkanes of at least 4 members (excludes halogenated alkanes) is 3. The number of ether oxygens (including phenoxy) is 4. The van der Waals surface area contributed by atoms with Crippen molar-refractivity contribution < 1.29 is 23.7 Å². The average Bonchev–Trinajstić information content (AvgIpc) is 2.60. The van der Waals surface area contributed by atoms with Crippen LogP contribution in [-0.2, 0) is 23.7 Å². The Balaban J connectivity index is 3.06. The predicted octanol–water partition coefficient (Wildman–Crippen LogP) is 2.84. The topological polar surface area (TPSA) is 66.0 Å². The van der Waals surface area contributed by atoms with E-state index in [1.54, 1.807) is 0 Å². The highest BCUT2D eigenvalue weighted by Crippen LogP contribution is 1.99. The molecule has 0 saturated heterocycles. The molecule has 0 aliphatic heterocycles. The van der Waals surface area contributed by atoms with E-state index in [2.05, 4.69) is 19.2 Å². The molecule has 6 heteroatoms. The third kappa shape index (κ3) is 19.8. The van der Waals surface area contributed by atoms with Gasteiger partial charge in [-0.05, 0) is 19.4 Å². The van der Waals surface area contributed by atoms with Crippen molar-refractivity contribution in [1.29, 1.82) is 0 Å². The molecule has 26 heavy (non-hydrogen) atoms. The van der Waals surface area contributed by atoms with Crippen molar-refractivity contribution >= 4 is 5.78 Å². The number of rotatable bonds is 20. The van der Waals surface area contributed by atoms with Gasteiger partial charge in [0.05, 0.1) is 39.6 Å². The molecule has 0 aromatic heterocycles. The Hall–Kier alpha value is -0.530. The van der Waals surface area contributed by atoms with Crippen LogP contribution in [0, 0.1) is 5.92 Å². The summed E-state index contributed by atoms with van der Waals surface area (Å²) >= 11 is 0. The molecule has 0 saturated carbocycles. The second-order valence-corrected chi connectivity index (χ2v) is 7.03. The van der Waals surface area contributed by atoms with Crippen molar-refractivity contribution in [2.24, 2.45) is 5.92 Å². The van der Waals surface area contributed by atoms with Gasteiger partial charge in [0.25, 0.3) is 0 Å². The highest BCUT2D eigenvalue weighted by molar-refractivity contribution is 5.81. The van der Waals surface area contributed by atoms with Crippen molar-refractivity contribution in [3.05, 3.63) is 0 Å². The van der Waals surface area contributed by atoms with E-state index in [9.17, 15) is 4.79 Å². The summed E-state index contributed by atoms with van der Waals surface area (Å²) < 4.78 is 21.6. The van der Waals surface area contributed by atoms with Gasteiger partial charge >= 0.3 is 0 Å². The Kier molecular flexibility index (Phi) is 18.8. The van der Waals surface area contributed by atoms with Crippen molar-refractivity contribution in [2.75, 3.05) is 59.4 Å². The second kappa shape index (κ2) is 19.2. The minimum atomic E-state index is 0.0264. The molecule has 6 nitrogen and oxygen atoms in total. The van der Waals surface area contributed by atoms with Crippen LogP contribution in [0.5, 0.6) is 0 Å². The number of nitrogens with one attached hydrogen (secondary N) is 1. The van der Waals surface area contributed by atoms with Gasteiger partial charge in [-0.1, -0.05) is 40.5 Å². The molecule has 0 aliphatic rings. The van der Waals surface area contributed by atoms with Crippen molar-refractivity contribution in [3.8, 4) is 0 Å². The average molecular weight is 376 g/mol. The highest BCUT2D eigenvalue weighted by atomic mass is 16.6. The van der Waals surface area contributed by atoms with Crippen LogP contribution in [0.3, 0.4) is 0 Å². The van der Waals surface area contributed by atoms with E-state index in [0.29, 0.717) is 45.7 Å². The Morgan fingerprint density at radius 1 is 0.692 bits per heavy atom. The maximum Gasteiger partial charge on any atom is 0.160 e. The lowest BCUT2D eigenvalue weighted by Crippen LogP contribution is -2.23.